The molecule has 3 N–H and O–H groups in total. The highest BCUT2D eigenvalue weighted by Gasteiger charge is 2.27. The fourth-order valence-corrected chi connectivity index (χ4v) is 3.28. The molecule has 1 aliphatic heterocycles. The molecule has 0 atom stereocenters. The van der Waals surface area contributed by atoms with Gasteiger partial charge in [0.05, 0.1) is 5.69 Å². The Labute approximate surface area is 178 Å². The molecule has 1 saturated carbocycles. The average Bonchev–Trinajstić information content (AvgIpc) is 3.52. The van der Waals surface area contributed by atoms with E-state index in [0.29, 0.717) is 23.1 Å². The number of hydrogen-bond donors (Lipinski definition) is 3. The summed E-state index contributed by atoms with van der Waals surface area (Å²) in [6.07, 6.45) is 2.31. The number of nitrogens with zero attached hydrogens (tertiary/aromatic N) is 4. The number of rotatable bonds is 5. The molecule has 0 unspecified atom stereocenters. The Morgan fingerprint density at radius 3 is 2.55 bits per heavy atom. The van der Waals surface area contributed by atoms with Crippen molar-refractivity contribution in [1.29, 1.82) is 0 Å². The predicted octanol–water partition coefficient (Wildman–Crippen LogP) is 2.55. The van der Waals surface area contributed by atoms with Crippen LogP contribution in [-0.2, 0) is 9.59 Å². The van der Waals surface area contributed by atoms with Crippen LogP contribution in [0, 0.1) is 6.92 Å². The number of hydrogen-bond acceptors (Lipinski definition) is 6. The number of aromatic amines is 1. The van der Waals surface area contributed by atoms with Crippen molar-refractivity contribution in [2.75, 3.05) is 16.9 Å². The molecule has 156 valence electrons. The molecule has 3 aromatic rings. The second-order valence-corrected chi connectivity index (χ2v) is 7.69. The quantitative estimate of drug-likeness (QED) is 0.592. The number of hydrazine groups is 1. The fraction of sp³-hybridized carbons (Fsp3) is 0.227. The van der Waals surface area contributed by atoms with Crippen LogP contribution in [0.2, 0.25) is 0 Å². The van der Waals surface area contributed by atoms with Crippen LogP contribution in [0.25, 0.3) is 11.4 Å². The predicted molar refractivity (Wildman–Crippen MR) is 117 cm³/mol. The van der Waals surface area contributed by atoms with Crippen molar-refractivity contribution >= 4 is 29.0 Å². The first-order valence-corrected chi connectivity index (χ1v) is 10.1. The Morgan fingerprint density at radius 1 is 1.10 bits per heavy atom. The van der Waals surface area contributed by atoms with Gasteiger partial charge in [0.25, 0.3) is 11.8 Å². The van der Waals surface area contributed by atoms with E-state index >= 15 is 0 Å². The lowest BCUT2D eigenvalue weighted by atomic mass is 10.2. The zero-order valence-electron chi connectivity index (χ0n) is 16.9. The lowest BCUT2D eigenvalue weighted by Crippen LogP contribution is -2.54. The number of aromatic nitrogens is 3. The van der Waals surface area contributed by atoms with Crippen LogP contribution in [0.1, 0.15) is 30.1 Å². The second-order valence-electron chi connectivity index (χ2n) is 7.69. The Kier molecular flexibility index (Phi) is 4.70. The Bertz CT molecular complexity index is 1160. The van der Waals surface area contributed by atoms with Crippen LogP contribution in [0.3, 0.4) is 0 Å². The molecule has 2 amide bonds. The van der Waals surface area contributed by atoms with Gasteiger partial charge in [0.2, 0.25) is 5.84 Å². The van der Waals surface area contributed by atoms with E-state index in [2.05, 4.69) is 30.9 Å². The van der Waals surface area contributed by atoms with E-state index in [1.165, 1.54) is 5.01 Å². The first kappa shape index (κ1) is 19.0. The fourth-order valence-electron chi connectivity index (χ4n) is 3.28. The number of aryl methyl sites for hydroxylation is 1. The third-order valence-electron chi connectivity index (χ3n) is 5.21. The number of carbonyl (C=O) groups excluding carboxylic acids is 2. The minimum Gasteiger partial charge on any atom is -0.319 e. The maximum atomic E-state index is 12.7. The van der Waals surface area contributed by atoms with Gasteiger partial charge in [-0.25, -0.2) is 9.99 Å². The molecule has 0 spiro atoms. The van der Waals surface area contributed by atoms with Crippen LogP contribution < -0.4 is 15.8 Å². The molecule has 1 aliphatic carbocycles. The zero-order valence-corrected chi connectivity index (χ0v) is 16.9. The molecule has 31 heavy (non-hydrogen) atoms. The SMILES string of the molecule is Cc1ccc(N2NC(C(=O)Nc3ccc(-c4n[nH]c(C5CC5)n4)cc3)=NCC2=O)cc1. The number of nitrogens with one attached hydrogen (secondary N) is 3. The van der Waals surface area contributed by atoms with Crippen LogP contribution in [0.4, 0.5) is 11.4 Å². The van der Waals surface area contributed by atoms with Crippen molar-refractivity contribution in [2.45, 2.75) is 25.7 Å². The minimum atomic E-state index is -0.425. The molecule has 2 heterocycles. The molecule has 0 saturated heterocycles. The van der Waals surface area contributed by atoms with E-state index in [1.807, 2.05) is 43.3 Å². The van der Waals surface area contributed by atoms with E-state index in [9.17, 15) is 9.59 Å². The van der Waals surface area contributed by atoms with Crippen molar-refractivity contribution in [2.24, 2.45) is 4.99 Å². The van der Waals surface area contributed by atoms with Crippen LogP contribution in [0.15, 0.2) is 53.5 Å². The maximum absolute atomic E-state index is 12.7. The number of H-pyrrole nitrogens is 1. The van der Waals surface area contributed by atoms with E-state index in [-0.39, 0.29) is 18.3 Å². The molecule has 0 radical (unpaired) electrons. The molecule has 2 aromatic carbocycles. The summed E-state index contributed by atoms with van der Waals surface area (Å²) in [7, 11) is 0. The first-order valence-electron chi connectivity index (χ1n) is 10.1. The minimum absolute atomic E-state index is 0.0762. The second kappa shape index (κ2) is 7.67. The first-order chi connectivity index (χ1) is 15.1. The number of anilines is 2. The molecular formula is C22H21N7O2. The highest BCUT2D eigenvalue weighted by Crippen LogP contribution is 2.38. The lowest BCUT2D eigenvalue weighted by molar-refractivity contribution is -0.118. The topological polar surface area (TPSA) is 115 Å². The Balaban J connectivity index is 1.26. The summed E-state index contributed by atoms with van der Waals surface area (Å²) in [5.74, 6) is 1.50. The van der Waals surface area contributed by atoms with Crippen molar-refractivity contribution < 1.29 is 9.59 Å². The number of aliphatic imine (C=N–C) groups is 1. The summed E-state index contributed by atoms with van der Waals surface area (Å²) in [6, 6.07) is 14.7. The Hall–Kier alpha value is -4.01. The molecule has 0 bridgehead atoms. The molecule has 1 fully saturated rings. The van der Waals surface area contributed by atoms with Gasteiger partial charge in [-0.1, -0.05) is 17.7 Å². The van der Waals surface area contributed by atoms with Gasteiger partial charge in [-0.2, -0.15) is 5.10 Å². The Morgan fingerprint density at radius 2 is 1.84 bits per heavy atom. The van der Waals surface area contributed by atoms with Gasteiger partial charge in [-0.15, -0.1) is 0 Å². The summed E-state index contributed by atoms with van der Waals surface area (Å²) in [4.78, 5) is 33.5. The summed E-state index contributed by atoms with van der Waals surface area (Å²) in [5, 5.41) is 11.4. The van der Waals surface area contributed by atoms with E-state index < -0.39 is 5.91 Å². The van der Waals surface area contributed by atoms with E-state index in [4.69, 9.17) is 0 Å². The molecule has 9 nitrogen and oxygen atoms in total. The number of amides is 2. The molecule has 2 aliphatic rings. The van der Waals surface area contributed by atoms with Gasteiger partial charge in [-0.3, -0.25) is 25.1 Å². The summed E-state index contributed by atoms with van der Waals surface area (Å²) in [5.41, 5.74) is 6.02. The van der Waals surface area contributed by atoms with Crippen molar-refractivity contribution in [3.63, 3.8) is 0 Å². The number of carbonyl (C=O) groups is 2. The smallest absolute Gasteiger partial charge is 0.292 e. The molecular weight excluding hydrogens is 394 g/mol. The van der Waals surface area contributed by atoms with Gasteiger partial charge in [0.1, 0.15) is 12.4 Å². The van der Waals surface area contributed by atoms with Gasteiger partial charge < -0.3 is 5.32 Å². The summed E-state index contributed by atoms with van der Waals surface area (Å²) >= 11 is 0. The van der Waals surface area contributed by atoms with Crippen molar-refractivity contribution in [1.82, 2.24) is 20.6 Å². The van der Waals surface area contributed by atoms with Crippen molar-refractivity contribution in [3.05, 3.63) is 59.9 Å². The van der Waals surface area contributed by atoms with E-state index in [1.54, 1.807) is 12.1 Å². The zero-order chi connectivity index (χ0) is 21.4. The number of benzene rings is 2. The third kappa shape index (κ3) is 4.02. The average molecular weight is 415 g/mol. The summed E-state index contributed by atoms with van der Waals surface area (Å²) in [6.45, 7) is 1.87. The number of amidine groups is 1. The molecule has 1 aromatic heterocycles. The standard InChI is InChI=1S/C22H21N7O2/c1-13-2-10-17(11-3-13)29-18(30)12-23-21(28-29)22(31)24-16-8-6-15(7-9-16)20-25-19(26-27-20)14-4-5-14/h2-3,6-11,14H,4-5,12H2,1H3,(H,23,28)(H,24,31)(H,25,26,27). The van der Waals surface area contributed by atoms with Gasteiger partial charge in [0, 0.05) is 17.2 Å². The largest absolute Gasteiger partial charge is 0.319 e. The van der Waals surface area contributed by atoms with Gasteiger partial charge >= 0.3 is 0 Å². The van der Waals surface area contributed by atoms with Crippen LogP contribution in [-0.4, -0.2) is 39.4 Å². The van der Waals surface area contributed by atoms with Crippen LogP contribution >= 0.6 is 0 Å². The van der Waals surface area contributed by atoms with Crippen LogP contribution in [0.5, 0.6) is 0 Å². The lowest BCUT2D eigenvalue weighted by Gasteiger charge is -2.27. The molecule has 5 rings (SSSR count). The van der Waals surface area contributed by atoms with E-state index in [0.717, 1.165) is 29.8 Å². The monoisotopic (exact) mass is 415 g/mol. The van der Waals surface area contributed by atoms with Gasteiger partial charge in [-0.05, 0) is 56.2 Å². The maximum Gasteiger partial charge on any atom is 0.292 e. The van der Waals surface area contributed by atoms with Gasteiger partial charge in [0.15, 0.2) is 5.82 Å². The van der Waals surface area contributed by atoms with Crippen molar-refractivity contribution in [3.8, 4) is 11.4 Å². The summed E-state index contributed by atoms with van der Waals surface area (Å²) < 4.78 is 0. The normalized spacial score (nSPS) is 16.0. The third-order valence-corrected chi connectivity index (χ3v) is 5.21. The highest BCUT2D eigenvalue weighted by molar-refractivity contribution is 6.43. The molecule has 9 heteroatoms. The highest BCUT2D eigenvalue weighted by atomic mass is 16.2.